The smallest absolute Gasteiger partial charge is 0.0338 e. The van der Waals surface area contributed by atoms with E-state index in [9.17, 15) is 0 Å². The zero-order chi connectivity index (χ0) is 11.4. The Bertz CT molecular complexity index is 451. The van der Waals surface area contributed by atoms with E-state index in [1.54, 1.807) is 12.4 Å². The van der Waals surface area contributed by atoms with Crippen molar-refractivity contribution in [2.75, 3.05) is 0 Å². The Kier molecular flexibility index (Phi) is 3.32. The SMILES string of the molecule is Cc1ccccc1C(N)Cc1ccncc1. The van der Waals surface area contributed by atoms with E-state index in [1.165, 1.54) is 16.7 Å². The fourth-order valence-corrected chi connectivity index (χ4v) is 1.89. The summed E-state index contributed by atoms with van der Waals surface area (Å²) in [6, 6.07) is 12.4. The summed E-state index contributed by atoms with van der Waals surface area (Å²) in [4.78, 5) is 4.00. The molecule has 0 radical (unpaired) electrons. The van der Waals surface area contributed by atoms with Gasteiger partial charge >= 0.3 is 0 Å². The molecule has 1 unspecified atom stereocenters. The van der Waals surface area contributed by atoms with Gasteiger partial charge in [-0.2, -0.15) is 0 Å². The van der Waals surface area contributed by atoms with Crippen LogP contribution in [-0.2, 0) is 6.42 Å². The maximum Gasteiger partial charge on any atom is 0.0338 e. The van der Waals surface area contributed by atoms with Gasteiger partial charge in [0.05, 0.1) is 0 Å². The molecule has 2 heteroatoms. The second-order valence-corrected chi connectivity index (χ2v) is 4.02. The zero-order valence-corrected chi connectivity index (χ0v) is 9.43. The number of pyridine rings is 1. The Labute approximate surface area is 96.1 Å². The van der Waals surface area contributed by atoms with E-state index in [2.05, 4.69) is 24.0 Å². The summed E-state index contributed by atoms with van der Waals surface area (Å²) in [5.74, 6) is 0. The van der Waals surface area contributed by atoms with Gasteiger partial charge in [0.1, 0.15) is 0 Å². The van der Waals surface area contributed by atoms with Crippen molar-refractivity contribution in [3.05, 3.63) is 65.5 Å². The minimum atomic E-state index is 0.0589. The first kappa shape index (κ1) is 10.8. The molecule has 2 nitrogen and oxygen atoms in total. The maximum absolute atomic E-state index is 6.21. The molecule has 0 saturated heterocycles. The first-order valence-corrected chi connectivity index (χ1v) is 5.47. The molecular formula is C14H16N2. The van der Waals surface area contributed by atoms with E-state index in [0.717, 1.165) is 6.42 Å². The van der Waals surface area contributed by atoms with Crippen molar-refractivity contribution in [3.63, 3.8) is 0 Å². The lowest BCUT2D eigenvalue weighted by molar-refractivity contribution is 0.716. The second-order valence-electron chi connectivity index (χ2n) is 4.02. The molecule has 2 rings (SSSR count). The van der Waals surface area contributed by atoms with Gasteiger partial charge < -0.3 is 5.73 Å². The Balaban J connectivity index is 2.15. The molecule has 0 aliphatic carbocycles. The largest absolute Gasteiger partial charge is 0.324 e. The number of benzene rings is 1. The van der Waals surface area contributed by atoms with Crippen LogP contribution in [0, 0.1) is 6.92 Å². The van der Waals surface area contributed by atoms with Gasteiger partial charge in [0, 0.05) is 18.4 Å². The van der Waals surface area contributed by atoms with Crippen LogP contribution in [0.15, 0.2) is 48.8 Å². The highest BCUT2D eigenvalue weighted by Gasteiger charge is 2.08. The third-order valence-corrected chi connectivity index (χ3v) is 2.79. The molecule has 16 heavy (non-hydrogen) atoms. The number of aryl methyl sites for hydroxylation is 1. The van der Waals surface area contributed by atoms with Crippen LogP contribution in [0.3, 0.4) is 0 Å². The standard InChI is InChI=1S/C14H16N2/c1-11-4-2-3-5-13(11)14(15)10-12-6-8-16-9-7-12/h2-9,14H,10,15H2,1H3. The molecule has 1 aromatic carbocycles. The van der Waals surface area contributed by atoms with Crippen LogP contribution in [0.1, 0.15) is 22.7 Å². The normalized spacial score (nSPS) is 12.4. The topological polar surface area (TPSA) is 38.9 Å². The second kappa shape index (κ2) is 4.90. The molecule has 1 atom stereocenters. The average Bonchev–Trinajstić information content (AvgIpc) is 2.31. The summed E-state index contributed by atoms with van der Waals surface area (Å²) < 4.78 is 0. The van der Waals surface area contributed by atoms with Crippen molar-refractivity contribution in [3.8, 4) is 0 Å². The monoisotopic (exact) mass is 212 g/mol. The minimum absolute atomic E-state index is 0.0589. The molecule has 1 heterocycles. The fourth-order valence-electron chi connectivity index (χ4n) is 1.89. The van der Waals surface area contributed by atoms with Crippen molar-refractivity contribution in [2.24, 2.45) is 5.73 Å². The molecule has 0 aliphatic heterocycles. The van der Waals surface area contributed by atoms with Crippen molar-refractivity contribution in [1.82, 2.24) is 4.98 Å². The molecule has 82 valence electrons. The third kappa shape index (κ3) is 2.47. The highest BCUT2D eigenvalue weighted by Crippen LogP contribution is 2.18. The zero-order valence-electron chi connectivity index (χ0n) is 9.43. The quantitative estimate of drug-likeness (QED) is 0.849. The first-order valence-electron chi connectivity index (χ1n) is 5.47. The lowest BCUT2D eigenvalue weighted by Crippen LogP contribution is -2.14. The molecule has 0 bridgehead atoms. The van der Waals surface area contributed by atoms with Crippen LogP contribution in [0.5, 0.6) is 0 Å². The molecule has 2 aromatic rings. The number of hydrogen-bond acceptors (Lipinski definition) is 2. The Morgan fingerprint density at radius 3 is 2.50 bits per heavy atom. The molecule has 2 N–H and O–H groups in total. The van der Waals surface area contributed by atoms with Crippen molar-refractivity contribution >= 4 is 0 Å². The van der Waals surface area contributed by atoms with E-state index in [4.69, 9.17) is 5.73 Å². The van der Waals surface area contributed by atoms with Crippen LogP contribution in [-0.4, -0.2) is 4.98 Å². The number of nitrogens with two attached hydrogens (primary N) is 1. The number of aromatic nitrogens is 1. The summed E-state index contributed by atoms with van der Waals surface area (Å²) in [5.41, 5.74) is 9.91. The molecule has 1 aromatic heterocycles. The van der Waals surface area contributed by atoms with E-state index < -0.39 is 0 Å². The molecule has 0 aliphatic rings. The van der Waals surface area contributed by atoms with Gasteiger partial charge in [-0.05, 0) is 42.2 Å². The maximum atomic E-state index is 6.21. The van der Waals surface area contributed by atoms with Crippen LogP contribution in [0.4, 0.5) is 0 Å². The molecule has 0 saturated carbocycles. The van der Waals surface area contributed by atoms with E-state index >= 15 is 0 Å². The van der Waals surface area contributed by atoms with Gasteiger partial charge in [-0.1, -0.05) is 24.3 Å². The summed E-state index contributed by atoms with van der Waals surface area (Å²) in [6.45, 7) is 2.10. The van der Waals surface area contributed by atoms with Crippen molar-refractivity contribution in [2.45, 2.75) is 19.4 Å². The summed E-state index contributed by atoms with van der Waals surface area (Å²) in [5, 5.41) is 0. The van der Waals surface area contributed by atoms with Crippen LogP contribution >= 0.6 is 0 Å². The Morgan fingerprint density at radius 1 is 1.12 bits per heavy atom. The fraction of sp³-hybridized carbons (Fsp3) is 0.214. The van der Waals surface area contributed by atoms with Gasteiger partial charge in [0.25, 0.3) is 0 Å². The summed E-state index contributed by atoms with van der Waals surface area (Å²) in [7, 11) is 0. The van der Waals surface area contributed by atoms with Crippen molar-refractivity contribution in [1.29, 1.82) is 0 Å². The summed E-state index contributed by atoms with van der Waals surface area (Å²) in [6.07, 6.45) is 4.47. The predicted molar refractivity (Wildman–Crippen MR) is 66.0 cm³/mol. The number of rotatable bonds is 3. The lowest BCUT2D eigenvalue weighted by Gasteiger charge is -2.14. The van der Waals surface area contributed by atoms with E-state index in [0.29, 0.717) is 0 Å². The average molecular weight is 212 g/mol. The molecule has 0 fully saturated rings. The number of hydrogen-bond donors (Lipinski definition) is 1. The number of nitrogens with zero attached hydrogens (tertiary/aromatic N) is 1. The van der Waals surface area contributed by atoms with Crippen LogP contribution in [0.2, 0.25) is 0 Å². The Morgan fingerprint density at radius 2 is 1.81 bits per heavy atom. The van der Waals surface area contributed by atoms with Gasteiger partial charge in [-0.3, -0.25) is 4.98 Å². The highest BCUT2D eigenvalue weighted by molar-refractivity contribution is 5.30. The van der Waals surface area contributed by atoms with Gasteiger partial charge in [-0.25, -0.2) is 0 Å². The van der Waals surface area contributed by atoms with Gasteiger partial charge in [0.2, 0.25) is 0 Å². The predicted octanol–water partition coefficient (Wildman–Crippen LogP) is 2.63. The van der Waals surface area contributed by atoms with E-state index in [1.807, 2.05) is 24.3 Å². The minimum Gasteiger partial charge on any atom is -0.324 e. The Hall–Kier alpha value is -1.67. The molecule has 0 spiro atoms. The van der Waals surface area contributed by atoms with Gasteiger partial charge in [-0.15, -0.1) is 0 Å². The molecular weight excluding hydrogens is 196 g/mol. The van der Waals surface area contributed by atoms with Crippen LogP contribution in [0.25, 0.3) is 0 Å². The van der Waals surface area contributed by atoms with Crippen LogP contribution < -0.4 is 5.73 Å². The van der Waals surface area contributed by atoms with E-state index in [-0.39, 0.29) is 6.04 Å². The molecule has 0 amide bonds. The van der Waals surface area contributed by atoms with Crippen molar-refractivity contribution < 1.29 is 0 Å². The highest BCUT2D eigenvalue weighted by atomic mass is 14.6. The van der Waals surface area contributed by atoms with Gasteiger partial charge in [0.15, 0.2) is 0 Å². The lowest BCUT2D eigenvalue weighted by atomic mass is 9.97. The summed E-state index contributed by atoms with van der Waals surface area (Å²) >= 11 is 0. The third-order valence-electron chi connectivity index (χ3n) is 2.79. The first-order chi connectivity index (χ1) is 7.77.